The van der Waals surface area contributed by atoms with Crippen LogP contribution in [0.5, 0.6) is 0 Å². The lowest BCUT2D eigenvalue weighted by molar-refractivity contribution is -0.0392. The van der Waals surface area contributed by atoms with Gasteiger partial charge in [-0.2, -0.15) is 0 Å². The number of rotatable bonds is 5. The largest absolute Gasteiger partial charge is 0.368 e. The van der Waals surface area contributed by atoms with Crippen molar-refractivity contribution in [1.29, 1.82) is 0 Å². The summed E-state index contributed by atoms with van der Waals surface area (Å²) in [5, 5.41) is 0. The quantitative estimate of drug-likeness (QED) is 0.717. The minimum Gasteiger partial charge on any atom is -0.368 e. The maximum Gasteiger partial charge on any atom is 0.168 e. The molecule has 0 saturated heterocycles. The van der Waals surface area contributed by atoms with Crippen molar-refractivity contribution in [2.45, 2.75) is 39.7 Å². The van der Waals surface area contributed by atoms with Gasteiger partial charge in [0.1, 0.15) is 11.3 Å². The minimum absolute atomic E-state index is 0.405. The zero-order chi connectivity index (χ0) is 12.2. The Labute approximate surface area is 96.1 Å². The van der Waals surface area contributed by atoms with Gasteiger partial charge in [-0.05, 0) is 33.3 Å². The van der Waals surface area contributed by atoms with Gasteiger partial charge in [-0.3, -0.25) is 4.79 Å². The molecular weight excluding hydrogens is 204 g/mol. The van der Waals surface area contributed by atoms with Crippen molar-refractivity contribution in [3.63, 3.8) is 0 Å². The first-order valence-corrected chi connectivity index (χ1v) is 5.51. The molecule has 16 heavy (non-hydrogen) atoms. The van der Waals surface area contributed by atoms with Crippen molar-refractivity contribution in [2.24, 2.45) is 0 Å². The molecule has 1 rings (SSSR count). The van der Waals surface area contributed by atoms with E-state index >= 15 is 0 Å². The summed E-state index contributed by atoms with van der Waals surface area (Å²) in [5.74, 6) is 0.582. The molecule has 0 radical (unpaired) electrons. The predicted molar refractivity (Wildman–Crippen MR) is 61.4 cm³/mol. The van der Waals surface area contributed by atoms with E-state index < -0.39 is 5.60 Å². The lowest BCUT2D eigenvalue weighted by atomic mass is 10.0. The van der Waals surface area contributed by atoms with Gasteiger partial charge < -0.3 is 4.74 Å². The maximum absolute atomic E-state index is 10.8. The second-order valence-electron chi connectivity index (χ2n) is 3.89. The molecule has 1 aromatic heterocycles. The van der Waals surface area contributed by atoms with Crippen LogP contribution in [0.3, 0.4) is 0 Å². The third-order valence-corrected chi connectivity index (χ3v) is 2.61. The van der Waals surface area contributed by atoms with Crippen LogP contribution in [0.2, 0.25) is 0 Å². The van der Waals surface area contributed by atoms with Crippen molar-refractivity contribution in [2.75, 3.05) is 6.61 Å². The van der Waals surface area contributed by atoms with Crippen LogP contribution in [0.15, 0.2) is 6.07 Å². The molecule has 1 unspecified atom stereocenters. The highest BCUT2D eigenvalue weighted by Crippen LogP contribution is 2.26. The van der Waals surface area contributed by atoms with Crippen molar-refractivity contribution in [1.82, 2.24) is 9.97 Å². The third-order valence-electron chi connectivity index (χ3n) is 2.61. The van der Waals surface area contributed by atoms with E-state index in [1.807, 2.05) is 27.7 Å². The average molecular weight is 222 g/mol. The number of hydrogen-bond donors (Lipinski definition) is 0. The van der Waals surface area contributed by atoms with Crippen LogP contribution in [-0.2, 0) is 10.3 Å². The number of aldehydes is 1. The lowest BCUT2D eigenvalue weighted by Gasteiger charge is -2.26. The Kier molecular flexibility index (Phi) is 4.12. The van der Waals surface area contributed by atoms with Gasteiger partial charge in [-0.25, -0.2) is 9.97 Å². The minimum atomic E-state index is -0.515. The third kappa shape index (κ3) is 2.64. The van der Waals surface area contributed by atoms with Gasteiger partial charge in [0.05, 0.1) is 0 Å². The Morgan fingerprint density at radius 3 is 2.62 bits per heavy atom. The number of carbonyl (C=O) groups is 1. The number of nitrogens with zero attached hydrogens (tertiary/aromatic N) is 2. The topological polar surface area (TPSA) is 52.1 Å². The lowest BCUT2D eigenvalue weighted by Crippen LogP contribution is -2.28. The zero-order valence-electron chi connectivity index (χ0n) is 10.3. The van der Waals surface area contributed by atoms with Crippen molar-refractivity contribution < 1.29 is 9.53 Å². The number of aromatic nitrogens is 2. The van der Waals surface area contributed by atoms with Gasteiger partial charge in [0, 0.05) is 12.3 Å². The second kappa shape index (κ2) is 5.16. The molecule has 0 amide bonds. The van der Waals surface area contributed by atoms with Gasteiger partial charge in [0.25, 0.3) is 0 Å². The summed E-state index contributed by atoms with van der Waals surface area (Å²) < 4.78 is 5.68. The van der Waals surface area contributed by atoms with Crippen LogP contribution in [0, 0.1) is 6.92 Å². The average Bonchev–Trinajstić information content (AvgIpc) is 2.28. The molecule has 0 saturated carbocycles. The molecule has 88 valence electrons. The second-order valence-corrected chi connectivity index (χ2v) is 3.89. The van der Waals surface area contributed by atoms with Crippen LogP contribution in [0.25, 0.3) is 0 Å². The first kappa shape index (κ1) is 12.8. The van der Waals surface area contributed by atoms with Crippen LogP contribution >= 0.6 is 0 Å². The first-order chi connectivity index (χ1) is 7.55. The smallest absolute Gasteiger partial charge is 0.168 e. The highest BCUT2D eigenvalue weighted by atomic mass is 16.5. The van der Waals surface area contributed by atoms with E-state index in [0.717, 1.165) is 18.4 Å². The fourth-order valence-electron chi connectivity index (χ4n) is 1.53. The molecular formula is C12H18N2O2. The molecule has 0 fully saturated rings. The molecule has 1 aromatic rings. The maximum atomic E-state index is 10.8. The van der Waals surface area contributed by atoms with Gasteiger partial charge in [0.15, 0.2) is 12.1 Å². The van der Waals surface area contributed by atoms with Crippen LogP contribution in [0.4, 0.5) is 0 Å². The van der Waals surface area contributed by atoms with Crippen LogP contribution < -0.4 is 0 Å². The number of aryl methyl sites for hydroxylation is 1. The highest BCUT2D eigenvalue weighted by molar-refractivity contribution is 5.71. The Morgan fingerprint density at radius 2 is 2.12 bits per heavy atom. The Hall–Kier alpha value is -1.29. The Balaban J connectivity index is 3.18. The summed E-state index contributed by atoms with van der Waals surface area (Å²) in [6.07, 6.45) is 1.50. The molecule has 0 bridgehead atoms. The molecule has 0 aliphatic rings. The van der Waals surface area contributed by atoms with Crippen molar-refractivity contribution in [3.05, 3.63) is 23.3 Å². The molecule has 1 atom stereocenters. The molecule has 0 aromatic carbocycles. The van der Waals surface area contributed by atoms with Gasteiger partial charge in [-0.1, -0.05) is 6.92 Å². The van der Waals surface area contributed by atoms with E-state index in [0.29, 0.717) is 18.1 Å². The summed E-state index contributed by atoms with van der Waals surface area (Å²) in [5.41, 5.74) is 0.673. The summed E-state index contributed by atoms with van der Waals surface area (Å²) in [4.78, 5) is 19.3. The highest BCUT2D eigenvalue weighted by Gasteiger charge is 2.28. The molecule has 1 heterocycles. The number of ether oxygens (including phenoxy) is 1. The zero-order valence-corrected chi connectivity index (χ0v) is 10.3. The fourth-order valence-corrected chi connectivity index (χ4v) is 1.53. The van der Waals surface area contributed by atoms with Crippen LogP contribution in [-0.4, -0.2) is 22.9 Å². The predicted octanol–water partition coefficient (Wildman–Crippen LogP) is 2.26. The fraction of sp³-hybridized carbons (Fsp3) is 0.583. The Morgan fingerprint density at radius 1 is 1.44 bits per heavy atom. The standard InChI is InChI=1S/C12H18N2O2/c1-5-12(4,16-6-2)11-13-9(3)7-10(8-15)14-11/h7-8H,5-6H2,1-4H3. The summed E-state index contributed by atoms with van der Waals surface area (Å²) in [6.45, 7) is 8.34. The summed E-state index contributed by atoms with van der Waals surface area (Å²) in [6, 6.07) is 1.67. The van der Waals surface area contributed by atoms with Gasteiger partial charge >= 0.3 is 0 Å². The molecule has 0 aliphatic heterocycles. The monoisotopic (exact) mass is 222 g/mol. The van der Waals surface area contributed by atoms with E-state index in [1.54, 1.807) is 6.07 Å². The normalized spacial score (nSPS) is 14.5. The molecule has 4 heteroatoms. The van der Waals surface area contributed by atoms with E-state index in [1.165, 1.54) is 0 Å². The molecule has 0 spiro atoms. The van der Waals surface area contributed by atoms with Gasteiger partial charge in [0.2, 0.25) is 0 Å². The molecule has 0 N–H and O–H groups in total. The summed E-state index contributed by atoms with van der Waals surface area (Å²) >= 11 is 0. The van der Waals surface area contributed by atoms with Gasteiger partial charge in [-0.15, -0.1) is 0 Å². The van der Waals surface area contributed by atoms with E-state index in [9.17, 15) is 4.79 Å². The summed E-state index contributed by atoms with van der Waals surface area (Å²) in [7, 11) is 0. The van der Waals surface area contributed by atoms with E-state index in [-0.39, 0.29) is 0 Å². The van der Waals surface area contributed by atoms with E-state index in [2.05, 4.69) is 9.97 Å². The van der Waals surface area contributed by atoms with Crippen LogP contribution in [0.1, 0.15) is 49.2 Å². The first-order valence-electron chi connectivity index (χ1n) is 5.51. The van der Waals surface area contributed by atoms with Crippen molar-refractivity contribution in [3.8, 4) is 0 Å². The SMILES string of the molecule is CCOC(C)(CC)c1nc(C)cc(C=O)n1. The Bertz CT molecular complexity index is 379. The van der Waals surface area contributed by atoms with Crippen molar-refractivity contribution >= 4 is 6.29 Å². The number of carbonyl (C=O) groups excluding carboxylic acids is 1. The number of hydrogen-bond acceptors (Lipinski definition) is 4. The van der Waals surface area contributed by atoms with E-state index in [4.69, 9.17) is 4.74 Å². The molecule has 0 aliphatic carbocycles. The molecule has 4 nitrogen and oxygen atoms in total.